The summed E-state index contributed by atoms with van der Waals surface area (Å²) in [6.45, 7) is 0.0217. The van der Waals surface area contributed by atoms with Gasteiger partial charge in [-0.1, -0.05) is 12.2 Å². The van der Waals surface area contributed by atoms with Gasteiger partial charge in [0.2, 0.25) is 0 Å². The van der Waals surface area contributed by atoms with E-state index in [4.69, 9.17) is 5.11 Å². The zero-order chi connectivity index (χ0) is 5.54. The van der Waals surface area contributed by atoms with Gasteiger partial charge in [-0.3, -0.25) is 0 Å². The smallest absolute Gasteiger partial charge is 0.123 e. The van der Waals surface area contributed by atoms with E-state index in [1.54, 1.807) is 6.08 Å². The van der Waals surface area contributed by atoms with Crippen molar-refractivity contribution in [1.82, 2.24) is 0 Å². The number of carbonyl (C=O) groups excluding carboxylic acids is 1. The summed E-state index contributed by atoms with van der Waals surface area (Å²) in [7, 11) is 0. The fourth-order valence-electron chi connectivity index (χ4n) is 0.226. The molecular weight excluding hydrogens is 92.1 g/mol. The van der Waals surface area contributed by atoms with Gasteiger partial charge in [0.1, 0.15) is 6.29 Å². The van der Waals surface area contributed by atoms with Gasteiger partial charge in [-0.05, 0) is 0 Å². The Morgan fingerprint density at radius 3 is 2.57 bits per heavy atom. The molecule has 0 unspecified atom stereocenters. The van der Waals surface area contributed by atoms with E-state index in [2.05, 4.69) is 0 Å². The van der Waals surface area contributed by atoms with E-state index in [0.29, 0.717) is 6.42 Å². The van der Waals surface area contributed by atoms with Gasteiger partial charge in [0, 0.05) is 6.42 Å². The number of aliphatic hydroxyl groups is 1. The Kier molecular flexibility index (Phi) is 4.89. The Morgan fingerprint density at radius 2 is 2.14 bits per heavy atom. The van der Waals surface area contributed by atoms with Gasteiger partial charge in [0.15, 0.2) is 0 Å². The fraction of sp³-hybridized carbons (Fsp3) is 0.400. The molecule has 0 aliphatic rings. The van der Waals surface area contributed by atoms with E-state index in [-0.39, 0.29) is 6.61 Å². The molecule has 0 radical (unpaired) electrons. The Bertz CT molecular complexity index is 66.5. The van der Waals surface area contributed by atoms with E-state index < -0.39 is 0 Å². The fourth-order valence-corrected chi connectivity index (χ4v) is 0.226. The van der Waals surface area contributed by atoms with Crippen molar-refractivity contribution in [1.29, 1.82) is 0 Å². The highest BCUT2D eigenvalue weighted by Crippen LogP contribution is 1.73. The second-order valence-corrected chi connectivity index (χ2v) is 1.06. The molecule has 0 aromatic carbocycles. The second kappa shape index (κ2) is 5.37. The first-order valence-corrected chi connectivity index (χ1v) is 2.11. The SMILES string of the molecule is O=CCC=CCO. The summed E-state index contributed by atoms with van der Waals surface area (Å²) in [5.41, 5.74) is 0. The van der Waals surface area contributed by atoms with Crippen LogP contribution in [0.15, 0.2) is 12.2 Å². The van der Waals surface area contributed by atoms with Gasteiger partial charge in [0.25, 0.3) is 0 Å². The Balaban J connectivity index is 2.92. The van der Waals surface area contributed by atoms with Crippen LogP contribution < -0.4 is 0 Å². The second-order valence-electron chi connectivity index (χ2n) is 1.06. The van der Waals surface area contributed by atoms with E-state index >= 15 is 0 Å². The molecule has 1 N–H and O–H groups in total. The Labute approximate surface area is 42.5 Å². The van der Waals surface area contributed by atoms with E-state index in [9.17, 15) is 4.79 Å². The number of allylic oxidation sites excluding steroid dienone is 1. The van der Waals surface area contributed by atoms with Crippen LogP contribution in [0.4, 0.5) is 0 Å². The van der Waals surface area contributed by atoms with Crippen molar-refractivity contribution >= 4 is 6.29 Å². The van der Waals surface area contributed by atoms with Crippen LogP contribution in [0.3, 0.4) is 0 Å². The minimum Gasteiger partial charge on any atom is -0.392 e. The summed E-state index contributed by atoms with van der Waals surface area (Å²) in [5.74, 6) is 0. The summed E-state index contributed by atoms with van der Waals surface area (Å²) < 4.78 is 0. The monoisotopic (exact) mass is 100 g/mol. The summed E-state index contributed by atoms with van der Waals surface area (Å²) >= 11 is 0. The van der Waals surface area contributed by atoms with Crippen LogP contribution in [0.1, 0.15) is 6.42 Å². The molecule has 0 saturated carbocycles. The maximum atomic E-state index is 9.55. The van der Waals surface area contributed by atoms with Crippen molar-refractivity contribution in [2.24, 2.45) is 0 Å². The summed E-state index contributed by atoms with van der Waals surface area (Å²) in [5, 5.41) is 8.09. The molecule has 0 aliphatic heterocycles. The number of aliphatic hydroxyl groups excluding tert-OH is 1. The third kappa shape index (κ3) is 5.37. The van der Waals surface area contributed by atoms with Crippen molar-refractivity contribution in [3.8, 4) is 0 Å². The van der Waals surface area contributed by atoms with Gasteiger partial charge in [0.05, 0.1) is 6.61 Å². The normalized spacial score (nSPS) is 9.86. The van der Waals surface area contributed by atoms with Gasteiger partial charge < -0.3 is 9.90 Å². The molecule has 0 amide bonds. The Morgan fingerprint density at radius 1 is 1.43 bits per heavy atom. The molecule has 0 aliphatic carbocycles. The molecule has 0 fully saturated rings. The van der Waals surface area contributed by atoms with Crippen LogP contribution in [-0.2, 0) is 4.79 Å². The van der Waals surface area contributed by atoms with Crippen molar-refractivity contribution in [3.63, 3.8) is 0 Å². The molecule has 40 valence electrons. The topological polar surface area (TPSA) is 37.3 Å². The molecule has 0 aromatic rings. The largest absolute Gasteiger partial charge is 0.392 e. The average Bonchev–Trinajstić information content (AvgIpc) is 1.69. The minimum absolute atomic E-state index is 0.0217. The lowest BCUT2D eigenvalue weighted by molar-refractivity contribution is -0.107. The first-order chi connectivity index (χ1) is 3.41. The number of hydrogen-bond donors (Lipinski definition) is 1. The lowest BCUT2D eigenvalue weighted by Gasteiger charge is -1.72. The molecule has 0 bridgehead atoms. The molecule has 0 heterocycles. The van der Waals surface area contributed by atoms with Crippen LogP contribution in [-0.4, -0.2) is 18.0 Å². The highest BCUT2D eigenvalue weighted by atomic mass is 16.2. The van der Waals surface area contributed by atoms with Crippen molar-refractivity contribution in [2.75, 3.05) is 6.61 Å². The van der Waals surface area contributed by atoms with E-state index in [1.165, 1.54) is 6.08 Å². The number of rotatable bonds is 3. The summed E-state index contributed by atoms with van der Waals surface area (Å²) in [4.78, 5) is 9.55. The van der Waals surface area contributed by atoms with Crippen LogP contribution in [0.5, 0.6) is 0 Å². The van der Waals surface area contributed by atoms with Gasteiger partial charge >= 0.3 is 0 Å². The number of hydrogen-bond acceptors (Lipinski definition) is 2. The molecule has 7 heavy (non-hydrogen) atoms. The van der Waals surface area contributed by atoms with Gasteiger partial charge in [-0.15, -0.1) is 0 Å². The molecule has 0 rings (SSSR count). The molecule has 2 heteroatoms. The first-order valence-electron chi connectivity index (χ1n) is 2.11. The highest BCUT2D eigenvalue weighted by molar-refractivity contribution is 5.51. The van der Waals surface area contributed by atoms with Crippen LogP contribution in [0.2, 0.25) is 0 Å². The zero-order valence-corrected chi connectivity index (χ0v) is 4.00. The molecule has 0 aromatic heterocycles. The predicted molar refractivity (Wildman–Crippen MR) is 26.9 cm³/mol. The lowest BCUT2D eigenvalue weighted by Crippen LogP contribution is -1.71. The molecule has 2 nitrogen and oxygen atoms in total. The van der Waals surface area contributed by atoms with Crippen molar-refractivity contribution in [3.05, 3.63) is 12.2 Å². The number of carbonyl (C=O) groups is 1. The summed E-state index contributed by atoms with van der Waals surface area (Å²) in [6, 6.07) is 0. The molecular formula is C5H8O2. The third-order valence-electron chi connectivity index (χ3n) is 0.504. The maximum Gasteiger partial charge on any atom is 0.123 e. The molecule has 0 spiro atoms. The third-order valence-corrected chi connectivity index (χ3v) is 0.504. The molecule has 0 atom stereocenters. The molecule has 0 saturated heterocycles. The number of aldehydes is 1. The maximum absolute atomic E-state index is 9.55. The van der Waals surface area contributed by atoms with Crippen LogP contribution >= 0.6 is 0 Å². The summed E-state index contributed by atoms with van der Waals surface area (Å²) in [6.07, 6.45) is 4.34. The van der Waals surface area contributed by atoms with Gasteiger partial charge in [-0.2, -0.15) is 0 Å². The lowest BCUT2D eigenvalue weighted by atomic mass is 10.4. The van der Waals surface area contributed by atoms with E-state index in [1.807, 2.05) is 0 Å². The van der Waals surface area contributed by atoms with E-state index in [0.717, 1.165) is 6.29 Å². The zero-order valence-electron chi connectivity index (χ0n) is 4.00. The van der Waals surface area contributed by atoms with Crippen molar-refractivity contribution < 1.29 is 9.90 Å². The van der Waals surface area contributed by atoms with Crippen molar-refractivity contribution in [2.45, 2.75) is 6.42 Å². The first kappa shape index (κ1) is 6.37. The quantitative estimate of drug-likeness (QED) is 0.404. The highest BCUT2D eigenvalue weighted by Gasteiger charge is 1.67. The van der Waals surface area contributed by atoms with Crippen LogP contribution in [0.25, 0.3) is 0 Å². The predicted octanol–water partition coefficient (Wildman–Crippen LogP) is 0.124. The minimum atomic E-state index is 0.0217. The average molecular weight is 100 g/mol. The Hall–Kier alpha value is -0.630. The van der Waals surface area contributed by atoms with Crippen LogP contribution in [0, 0.1) is 0 Å². The van der Waals surface area contributed by atoms with Gasteiger partial charge in [-0.25, -0.2) is 0 Å². The standard InChI is InChI=1S/C5H8O2/c6-4-2-1-3-5-7/h1-2,5-6H,3-4H2.